The second-order valence-electron chi connectivity index (χ2n) is 10.9. The second-order valence-corrected chi connectivity index (χ2v) is 10.9. The van der Waals surface area contributed by atoms with Crippen LogP contribution in [0.1, 0.15) is 135 Å². The predicted octanol–water partition coefficient (Wildman–Crippen LogP) is 8.08. The third-order valence-corrected chi connectivity index (χ3v) is 7.36. The Labute approximate surface area is 227 Å². The maximum Gasteiger partial charge on any atom is 0.305 e. The van der Waals surface area contributed by atoms with Crippen LogP contribution >= 0.6 is 0 Å². The molecule has 0 aliphatic carbocycles. The topological polar surface area (TPSA) is 48.6 Å². The normalized spacial score (nSPS) is 17.3. The molecule has 2 atom stereocenters. The molecule has 0 spiro atoms. The minimum Gasteiger partial charge on any atom is -0.463 e. The highest BCUT2D eigenvalue weighted by Crippen LogP contribution is 2.19. The Morgan fingerprint density at radius 1 is 0.757 bits per heavy atom. The zero-order chi connectivity index (χ0) is 26.2. The van der Waals surface area contributed by atoms with Gasteiger partial charge in [0.1, 0.15) is 19.3 Å². The number of pyridine rings is 1. The first-order valence-corrected chi connectivity index (χ1v) is 15.6. The lowest BCUT2D eigenvalue weighted by molar-refractivity contribution is -0.697. The van der Waals surface area contributed by atoms with Crippen LogP contribution in [0.5, 0.6) is 0 Å². The number of nitrogens with zero attached hydrogens (tertiary/aromatic N) is 1. The summed E-state index contributed by atoms with van der Waals surface area (Å²) in [6, 6.07) is 6.10. The van der Waals surface area contributed by atoms with Gasteiger partial charge < -0.3 is 14.2 Å². The molecule has 1 aromatic rings. The van der Waals surface area contributed by atoms with E-state index in [2.05, 4.69) is 23.9 Å². The fourth-order valence-corrected chi connectivity index (χ4v) is 5.01. The van der Waals surface area contributed by atoms with E-state index in [9.17, 15) is 4.79 Å². The Balaban J connectivity index is 1.31. The smallest absolute Gasteiger partial charge is 0.305 e. The fourth-order valence-electron chi connectivity index (χ4n) is 5.01. The van der Waals surface area contributed by atoms with Gasteiger partial charge in [0.05, 0.1) is 6.61 Å². The van der Waals surface area contributed by atoms with Crippen LogP contribution in [0.15, 0.2) is 30.6 Å². The van der Waals surface area contributed by atoms with E-state index in [4.69, 9.17) is 14.2 Å². The number of carbonyl (C=O) groups is 1. The molecule has 1 aromatic heterocycles. The van der Waals surface area contributed by atoms with Crippen molar-refractivity contribution in [3.63, 3.8) is 0 Å². The van der Waals surface area contributed by atoms with Crippen LogP contribution in [-0.4, -0.2) is 31.6 Å². The Hall–Kier alpha value is -1.46. The number of carbonyl (C=O) groups excluding carboxylic acids is 1. The van der Waals surface area contributed by atoms with Crippen molar-refractivity contribution < 1.29 is 23.6 Å². The van der Waals surface area contributed by atoms with Crippen LogP contribution in [0, 0.1) is 0 Å². The van der Waals surface area contributed by atoms with E-state index in [1.54, 1.807) is 0 Å². The number of hydrogen-bond acceptors (Lipinski definition) is 4. The van der Waals surface area contributed by atoms with E-state index in [0.29, 0.717) is 19.6 Å². The number of rotatable bonds is 24. The zero-order valence-corrected chi connectivity index (χ0v) is 23.9. The molecule has 0 saturated carbocycles. The SMILES string of the molecule is CCCCCCCCCCCCCCCCCC1OCC(COC(=O)CCCCC[n+]2ccccc2)O1. The summed E-state index contributed by atoms with van der Waals surface area (Å²) in [5, 5.41) is 0. The summed E-state index contributed by atoms with van der Waals surface area (Å²) in [6.07, 6.45) is 28.9. The van der Waals surface area contributed by atoms with Crippen molar-refractivity contribution in [3.05, 3.63) is 30.6 Å². The molecule has 0 amide bonds. The Morgan fingerprint density at radius 3 is 1.95 bits per heavy atom. The highest BCUT2D eigenvalue weighted by atomic mass is 16.7. The summed E-state index contributed by atoms with van der Waals surface area (Å²) in [7, 11) is 0. The Morgan fingerprint density at radius 2 is 1.32 bits per heavy atom. The molecule has 1 aliphatic heterocycles. The number of ether oxygens (including phenoxy) is 3. The molecule has 0 radical (unpaired) electrons. The molecule has 2 heterocycles. The van der Waals surface area contributed by atoms with Crippen molar-refractivity contribution in [1.29, 1.82) is 0 Å². The summed E-state index contributed by atoms with van der Waals surface area (Å²) in [5.74, 6) is -0.123. The minimum atomic E-state index is -0.124. The van der Waals surface area contributed by atoms with Gasteiger partial charge in [-0.3, -0.25) is 4.79 Å². The third-order valence-electron chi connectivity index (χ3n) is 7.36. The highest BCUT2D eigenvalue weighted by molar-refractivity contribution is 5.69. The lowest BCUT2D eigenvalue weighted by atomic mass is 10.0. The monoisotopic (exact) mass is 518 g/mol. The first-order chi connectivity index (χ1) is 18.3. The molecule has 0 aromatic carbocycles. The van der Waals surface area contributed by atoms with Gasteiger partial charge in [0.25, 0.3) is 0 Å². The summed E-state index contributed by atoms with van der Waals surface area (Å²) < 4.78 is 19.3. The molecule has 1 fully saturated rings. The predicted molar refractivity (Wildman–Crippen MR) is 150 cm³/mol. The second kappa shape index (κ2) is 22.5. The zero-order valence-electron chi connectivity index (χ0n) is 23.9. The quantitative estimate of drug-likeness (QED) is 0.0788. The van der Waals surface area contributed by atoms with Crippen LogP contribution in [0.3, 0.4) is 0 Å². The number of unbranched alkanes of at least 4 members (excludes halogenated alkanes) is 16. The van der Waals surface area contributed by atoms with Crippen LogP contribution in [-0.2, 0) is 25.5 Å². The third kappa shape index (κ3) is 17.6. The Kier molecular flexibility index (Phi) is 19.3. The van der Waals surface area contributed by atoms with Gasteiger partial charge in [-0.1, -0.05) is 103 Å². The highest BCUT2D eigenvalue weighted by Gasteiger charge is 2.26. The molecule has 5 heteroatoms. The van der Waals surface area contributed by atoms with Crippen molar-refractivity contribution in [1.82, 2.24) is 0 Å². The number of esters is 1. The summed E-state index contributed by atoms with van der Waals surface area (Å²) in [6.45, 7) is 4.12. The number of hydrogen-bond donors (Lipinski definition) is 0. The maximum absolute atomic E-state index is 12.0. The van der Waals surface area contributed by atoms with Gasteiger partial charge in [0, 0.05) is 25.0 Å². The van der Waals surface area contributed by atoms with Gasteiger partial charge in [0.2, 0.25) is 0 Å². The fraction of sp³-hybridized carbons (Fsp3) is 0.812. The van der Waals surface area contributed by atoms with Gasteiger partial charge in [0.15, 0.2) is 18.7 Å². The molecule has 1 aliphatic rings. The average Bonchev–Trinajstić information content (AvgIpc) is 3.38. The lowest BCUT2D eigenvalue weighted by Gasteiger charge is -2.12. The summed E-state index contributed by atoms with van der Waals surface area (Å²) in [4.78, 5) is 12.0. The molecule has 2 unspecified atom stereocenters. The Bertz CT molecular complexity index is 653. The van der Waals surface area contributed by atoms with Crippen LogP contribution in [0.25, 0.3) is 0 Å². The van der Waals surface area contributed by atoms with Crippen molar-refractivity contribution in [2.45, 2.75) is 154 Å². The molecular formula is C32H56NO4+. The molecular weight excluding hydrogens is 462 g/mol. The van der Waals surface area contributed by atoms with E-state index in [-0.39, 0.29) is 18.4 Å². The van der Waals surface area contributed by atoms with E-state index >= 15 is 0 Å². The largest absolute Gasteiger partial charge is 0.463 e. The summed E-state index contributed by atoms with van der Waals surface area (Å²) in [5.41, 5.74) is 0. The number of aromatic nitrogens is 1. The molecule has 37 heavy (non-hydrogen) atoms. The minimum absolute atomic E-state index is 0.111. The lowest BCUT2D eigenvalue weighted by Crippen LogP contribution is -2.32. The summed E-state index contributed by atoms with van der Waals surface area (Å²) >= 11 is 0. The van der Waals surface area contributed by atoms with Crippen molar-refractivity contribution >= 4 is 5.97 Å². The van der Waals surface area contributed by atoms with Gasteiger partial charge in [-0.2, -0.15) is 0 Å². The molecule has 0 bridgehead atoms. The van der Waals surface area contributed by atoms with E-state index in [1.165, 1.54) is 89.9 Å². The van der Waals surface area contributed by atoms with Crippen molar-refractivity contribution in [3.8, 4) is 0 Å². The van der Waals surface area contributed by atoms with Crippen molar-refractivity contribution in [2.75, 3.05) is 13.2 Å². The van der Waals surface area contributed by atoms with E-state index < -0.39 is 0 Å². The first-order valence-electron chi connectivity index (χ1n) is 15.6. The molecule has 2 rings (SSSR count). The average molecular weight is 519 g/mol. The maximum atomic E-state index is 12.0. The first kappa shape index (κ1) is 31.8. The van der Waals surface area contributed by atoms with Gasteiger partial charge in [-0.25, -0.2) is 4.57 Å². The van der Waals surface area contributed by atoms with Gasteiger partial charge in [-0.05, 0) is 25.7 Å². The van der Waals surface area contributed by atoms with Crippen molar-refractivity contribution in [2.24, 2.45) is 0 Å². The van der Waals surface area contributed by atoms with E-state index in [1.807, 2.05) is 18.2 Å². The van der Waals surface area contributed by atoms with Gasteiger partial charge >= 0.3 is 5.97 Å². The number of aryl methyl sites for hydroxylation is 1. The van der Waals surface area contributed by atoms with E-state index in [0.717, 1.165) is 38.6 Å². The molecule has 1 saturated heterocycles. The van der Waals surface area contributed by atoms with Gasteiger partial charge in [-0.15, -0.1) is 0 Å². The standard InChI is InChI=1S/C32H56NO4/c1-2-3-4-5-6-7-8-9-10-11-12-13-14-15-19-24-32-36-29-30(37-32)28-35-31(34)23-18-16-20-25-33-26-21-17-22-27-33/h17,21-22,26-27,30,32H,2-16,18-20,23-25,28-29H2,1H3/q+1. The van der Waals surface area contributed by atoms with Crippen LogP contribution < -0.4 is 4.57 Å². The molecule has 212 valence electrons. The molecule has 0 N–H and O–H groups in total. The van der Waals surface area contributed by atoms with Crippen LogP contribution in [0.4, 0.5) is 0 Å². The van der Waals surface area contributed by atoms with Crippen LogP contribution in [0.2, 0.25) is 0 Å². The molecule has 5 nitrogen and oxygen atoms in total.